The number of carboxylic acids is 4. The third kappa shape index (κ3) is 39.3. The van der Waals surface area contributed by atoms with Crippen molar-refractivity contribution in [2.75, 3.05) is 24.6 Å². The molecule has 0 bridgehead atoms. The molecule has 0 aromatic rings. The first-order valence-corrected chi connectivity index (χ1v) is 17.4. The van der Waals surface area contributed by atoms with Crippen LogP contribution in [-0.4, -0.2) is 164 Å². The summed E-state index contributed by atoms with van der Waals surface area (Å²) in [5.41, 5.74) is 0. The number of carbonyl (C=O) groups excluding carboxylic acids is 6. The quantitative estimate of drug-likeness (QED) is 0.0233. The maximum atomic E-state index is 11.8. The molecule has 23 heteroatoms. The maximum absolute atomic E-state index is 11.8. The van der Waals surface area contributed by atoms with Crippen LogP contribution < -0.4 is 31.5 Å². The van der Waals surface area contributed by atoms with Crippen LogP contribution in [0.25, 0.3) is 0 Å². The zero-order valence-corrected chi connectivity index (χ0v) is 33.6. The van der Waals surface area contributed by atoms with Gasteiger partial charge in [-0.1, -0.05) is 12.8 Å². The minimum absolute atomic E-state index is 0. The molecule has 0 spiro atoms. The largest absolute Gasteiger partial charge is 2.00 e. The van der Waals surface area contributed by atoms with Crippen molar-refractivity contribution in [2.45, 2.75) is 99.6 Å². The monoisotopic (exact) mass is 870 g/mol. The molecule has 0 aromatic carbocycles. The molecular formula is C28H48N4Na2O12S4Zn. The van der Waals surface area contributed by atoms with E-state index in [9.17, 15) is 48.6 Å². The maximum Gasteiger partial charge on any atom is 2.00 e. The minimum atomic E-state index is -1.51. The summed E-state index contributed by atoms with van der Waals surface area (Å²) < 4.78 is 0. The molecule has 0 radical (unpaired) electrons. The average Bonchev–Trinajstić information content (AvgIpc) is 2.98. The number of aliphatic carboxylic acids is 4. The molecule has 0 aliphatic carbocycles. The Bertz CT molecular complexity index is 993. The van der Waals surface area contributed by atoms with Gasteiger partial charge in [0, 0.05) is 23.3 Å². The summed E-state index contributed by atoms with van der Waals surface area (Å²) >= 11 is 17.0. The van der Waals surface area contributed by atoms with Crippen molar-refractivity contribution in [3.05, 3.63) is 0 Å². The Hall–Kier alpha value is -0.217. The van der Waals surface area contributed by atoms with Gasteiger partial charge in [-0.25, -0.2) is 0 Å². The van der Waals surface area contributed by atoms with Gasteiger partial charge >= 0.3 is 90.5 Å². The van der Waals surface area contributed by atoms with Crippen LogP contribution in [0.4, 0.5) is 0 Å². The number of amides is 4. The summed E-state index contributed by atoms with van der Waals surface area (Å²) in [4.78, 5) is 89.2. The Labute approximate surface area is 377 Å². The van der Waals surface area contributed by atoms with Crippen molar-refractivity contribution in [3.8, 4) is 0 Å². The molecule has 16 nitrogen and oxygen atoms in total. The van der Waals surface area contributed by atoms with Crippen molar-refractivity contribution < 1.29 is 78.3 Å². The van der Waals surface area contributed by atoms with E-state index < -0.39 is 85.5 Å². The fourth-order valence-electron chi connectivity index (χ4n) is 3.78. The van der Waals surface area contributed by atoms with E-state index >= 15 is 0 Å². The zero-order valence-electron chi connectivity index (χ0n) is 27.1. The molecule has 2 unspecified atom stereocenters. The van der Waals surface area contributed by atoms with E-state index in [1.165, 1.54) is 0 Å². The average molecular weight is 872 g/mol. The molecule has 6 N–H and O–H groups in total. The predicted molar refractivity (Wildman–Crippen MR) is 198 cm³/mol. The standard InChI is InChI=1S/2C14H24N2O6S2.2Na.Zn.2H/c2*17-11(4-2-1-3-9(24)5-6-23)16-10(7-12(18)19)14(22)15-8-13(20)21;;;;;/h2*9-10,23-24H,1-8H2,(H,15,22)(H,16,17)(H,18,19)(H,20,21);;;;;/q;;;;+2;;/p-2/t2*9?,10-;;;;;/m00...../s1. The van der Waals surface area contributed by atoms with Crippen LogP contribution in [0.15, 0.2) is 0 Å². The van der Waals surface area contributed by atoms with Gasteiger partial charge in [-0.15, -0.1) is 0 Å². The fourth-order valence-corrected chi connectivity index (χ4v) is 5.44. The van der Waals surface area contributed by atoms with Gasteiger partial charge in [0.15, 0.2) is 0 Å². The Morgan fingerprint density at radius 3 is 1.14 bits per heavy atom. The second-order valence-electron chi connectivity index (χ2n) is 10.4. The molecule has 0 aliphatic heterocycles. The van der Waals surface area contributed by atoms with Gasteiger partial charge in [0.25, 0.3) is 0 Å². The van der Waals surface area contributed by atoms with Crippen LogP contribution in [0.3, 0.4) is 0 Å². The van der Waals surface area contributed by atoms with Crippen LogP contribution in [0.2, 0.25) is 0 Å². The smallest absolute Gasteiger partial charge is 2.00 e. The molecule has 280 valence electrons. The number of hydrogen-bond donors (Lipinski definition) is 10. The first kappa shape index (κ1) is 60.0. The Kier molecular flexibility index (Phi) is 44.8. The zero-order chi connectivity index (χ0) is 37.1. The van der Waals surface area contributed by atoms with E-state index in [1.54, 1.807) is 0 Å². The number of rotatable bonds is 26. The summed E-state index contributed by atoms with van der Waals surface area (Å²) in [6.07, 6.45) is 5.14. The first-order valence-electron chi connectivity index (χ1n) is 15.1. The Morgan fingerprint density at radius 2 is 0.882 bits per heavy atom. The van der Waals surface area contributed by atoms with Crippen LogP contribution in [-0.2, 0) is 57.8 Å². The van der Waals surface area contributed by atoms with Crippen LogP contribution in [0.1, 0.15) is 77.0 Å². The summed E-state index contributed by atoms with van der Waals surface area (Å²) in [6, 6.07) is -2.65. The second kappa shape index (κ2) is 38.1. The third-order valence-electron chi connectivity index (χ3n) is 6.18. The van der Waals surface area contributed by atoms with Crippen molar-refractivity contribution in [3.63, 3.8) is 0 Å². The molecule has 0 heterocycles. The molecule has 0 saturated carbocycles. The minimum Gasteiger partial charge on any atom is 2.00 e. The predicted octanol–water partition coefficient (Wildman–Crippen LogP) is -3.32. The van der Waals surface area contributed by atoms with E-state index in [1.807, 2.05) is 10.6 Å². The number of carbonyl (C=O) groups is 8. The van der Waals surface area contributed by atoms with Gasteiger partial charge in [0.1, 0.15) is 12.1 Å². The number of unbranched alkanes of at least 4 members (excludes halogenated alkanes) is 2. The van der Waals surface area contributed by atoms with E-state index in [0.29, 0.717) is 12.8 Å². The molecule has 51 heavy (non-hydrogen) atoms. The normalized spacial score (nSPS) is 12.2. The van der Waals surface area contributed by atoms with Crippen molar-refractivity contribution in [1.82, 2.24) is 21.3 Å². The van der Waals surface area contributed by atoms with Gasteiger partial charge < -0.3 is 51.3 Å². The summed E-state index contributed by atoms with van der Waals surface area (Å²) in [7, 11) is 0. The third-order valence-corrected chi connectivity index (χ3v) is 7.73. The molecule has 0 aromatic heterocycles. The molecular weight excluding hydrogens is 824 g/mol. The van der Waals surface area contributed by atoms with E-state index in [-0.39, 0.29) is 102 Å². The second-order valence-corrected chi connectivity index (χ2v) is 12.8. The summed E-state index contributed by atoms with van der Waals surface area (Å²) in [5, 5.41) is 47.2. The molecule has 4 atom stereocenters. The fraction of sp³-hybridized carbons (Fsp3) is 0.714. The molecule has 0 rings (SSSR count). The SMILES string of the molecule is O=C([O-])CNC(=O)[C@H](CC(=O)O)NC(=O)CCCCC(S)CCS.O=C([O-])CNC(=O)[C@H](CC(=O)O)NC(=O)CCCCC(S)CCS.[NaH].[NaH].[Zn+2]. The van der Waals surface area contributed by atoms with Gasteiger partial charge in [0.05, 0.1) is 37.9 Å². The number of nitrogens with one attached hydrogen (secondary N) is 4. The van der Waals surface area contributed by atoms with Crippen molar-refractivity contribution >= 4 is 157 Å². The molecule has 0 aliphatic rings. The van der Waals surface area contributed by atoms with E-state index in [2.05, 4.69) is 61.1 Å². The van der Waals surface area contributed by atoms with Crippen LogP contribution in [0.5, 0.6) is 0 Å². The van der Waals surface area contributed by atoms with Gasteiger partial charge in [-0.2, -0.15) is 50.5 Å². The molecule has 0 saturated heterocycles. The number of hydrogen-bond acceptors (Lipinski definition) is 14. The van der Waals surface area contributed by atoms with E-state index in [0.717, 1.165) is 50.0 Å². The van der Waals surface area contributed by atoms with Gasteiger partial charge in [-0.05, 0) is 50.0 Å². The van der Waals surface area contributed by atoms with Gasteiger partial charge in [-0.3, -0.25) is 28.8 Å². The molecule has 0 fully saturated rings. The van der Waals surface area contributed by atoms with E-state index in [4.69, 9.17) is 10.2 Å². The number of carboxylic acid groups (broad SMARTS) is 4. The molecule has 4 amide bonds. The van der Waals surface area contributed by atoms with Crippen molar-refractivity contribution in [1.29, 1.82) is 0 Å². The van der Waals surface area contributed by atoms with Gasteiger partial charge in [0.2, 0.25) is 23.6 Å². The number of thiol groups is 4. The van der Waals surface area contributed by atoms with Crippen molar-refractivity contribution in [2.24, 2.45) is 0 Å². The summed E-state index contributed by atoms with van der Waals surface area (Å²) in [5.74, 6) is -6.78. The first-order chi connectivity index (χ1) is 22.5. The Balaban J connectivity index is -0.000000261. The topological polar surface area (TPSA) is 271 Å². The Morgan fingerprint density at radius 1 is 0.569 bits per heavy atom. The van der Waals surface area contributed by atoms with Crippen LogP contribution in [0, 0.1) is 0 Å². The van der Waals surface area contributed by atoms with Crippen LogP contribution >= 0.6 is 50.5 Å². The summed E-state index contributed by atoms with van der Waals surface area (Å²) in [6.45, 7) is -1.50.